The minimum absolute atomic E-state index is 0. The first-order valence-electron chi connectivity index (χ1n) is 6.22. The zero-order valence-corrected chi connectivity index (χ0v) is 21.7. The van der Waals surface area contributed by atoms with E-state index < -0.39 is 0 Å². The van der Waals surface area contributed by atoms with Crippen molar-refractivity contribution in [1.82, 2.24) is 0 Å². The van der Waals surface area contributed by atoms with E-state index in [-0.39, 0.29) is 73.1 Å². The van der Waals surface area contributed by atoms with Gasteiger partial charge in [0, 0.05) is 7.11 Å². The monoisotopic (exact) mass is 749 g/mol. The molecule has 4 heteroatoms. The Hall–Kier alpha value is 1.11. The molecule has 0 bridgehead atoms. The molecule has 0 N–H and O–H groups in total. The van der Waals surface area contributed by atoms with E-state index in [4.69, 9.17) is 0 Å². The van der Waals surface area contributed by atoms with Crippen molar-refractivity contribution in [2.45, 2.75) is 4.90 Å². The van der Waals surface area contributed by atoms with Crippen LogP contribution in [-0.2, 0) is 15.6 Å². The van der Waals surface area contributed by atoms with Crippen molar-refractivity contribution < 1.29 is 67.0 Å². The minimum atomic E-state index is 0. The molecule has 2 aromatic rings. The normalized spacial score (nSPS) is 9.38. The predicted octanol–water partition coefficient (Wildman–Crippen LogP) is 3.75. The third kappa shape index (κ3) is 7.97. The molecule has 0 aromatic heterocycles. The molecule has 0 saturated carbocycles. The number of rotatable bonds is 4. The largest absolute Gasteiger partial charge is 2.00 e. The van der Waals surface area contributed by atoms with Gasteiger partial charge in [-0.05, 0) is 11.5 Å². The molecule has 0 unspecified atom stereocenters. The van der Waals surface area contributed by atoms with Gasteiger partial charge in [-0.2, -0.15) is 0 Å². The van der Waals surface area contributed by atoms with Gasteiger partial charge in [0.25, 0.3) is 0 Å². The van der Waals surface area contributed by atoms with E-state index in [0.29, 0.717) is 6.61 Å². The summed E-state index contributed by atoms with van der Waals surface area (Å²) in [7, 11) is 1.80. The fourth-order valence-electron chi connectivity index (χ4n) is 1.69. The van der Waals surface area contributed by atoms with Crippen LogP contribution in [-0.4, -0.2) is 25.2 Å². The molecule has 2 rings (SSSR count). The maximum absolute atomic E-state index is 4.43. The molecule has 21 heavy (non-hydrogen) atoms. The van der Waals surface area contributed by atoms with E-state index in [9.17, 15) is 0 Å². The van der Waals surface area contributed by atoms with Crippen LogP contribution in [0.4, 0.5) is 0 Å². The first-order chi connectivity index (χ1) is 9.28. The van der Waals surface area contributed by atoms with Gasteiger partial charge in [0.1, 0.15) is 0 Å². The second-order valence-corrected chi connectivity index (χ2v) is 6.02. The van der Waals surface area contributed by atoms with Crippen LogP contribution in [0, 0.1) is 89.1 Å². The Morgan fingerprint density at radius 2 is 1.62 bits per heavy atom. The van der Waals surface area contributed by atoms with Crippen molar-refractivity contribution in [2.75, 3.05) is 25.2 Å². The number of fused-ring (bicyclic) bond motifs is 1. The fraction of sp³-hybridized carbons (Fsp3) is 0.235. The van der Waals surface area contributed by atoms with Crippen molar-refractivity contribution in [1.29, 1.82) is 0 Å². The summed E-state index contributed by atoms with van der Waals surface area (Å²) >= 11 is 0. The van der Waals surface area contributed by atoms with Crippen LogP contribution < -0.4 is 0 Å². The van der Waals surface area contributed by atoms with Crippen molar-refractivity contribution >= 4 is 21.7 Å². The van der Waals surface area contributed by atoms with Crippen molar-refractivity contribution in [3.8, 4) is 0 Å². The first kappa shape index (κ1) is 24.4. The van der Waals surface area contributed by atoms with Crippen LogP contribution in [0.3, 0.4) is 0 Å². The Labute approximate surface area is 180 Å². The summed E-state index contributed by atoms with van der Waals surface area (Å²) in [5.74, 6) is 1.86. The summed E-state index contributed by atoms with van der Waals surface area (Å²) in [6.07, 6.45) is 0. The summed E-state index contributed by atoms with van der Waals surface area (Å²) in [6, 6.07) is 15.8. The van der Waals surface area contributed by atoms with Crippen LogP contribution in [0.15, 0.2) is 41.3 Å². The van der Waals surface area contributed by atoms with Gasteiger partial charge in [-0.15, -0.1) is 29.7 Å². The summed E-state index contributed by atoms with van der Waals surface area (Å²) < 4.78 is 4.43. The van der Waals surface area contributed by atoms with Crippen LogP contribution in [0.2, 0.25) is 0 Å². The number of hydrogen-bond donors (Lipinski definition) is 0. The Bertz CT molecular complexity index is 480. The topological polar surface area (TPSA) is 9.23 Å². The number of methoxy groups -OCH3 is 1. The quantitative estimate of drug-likeness (QED) is 0.343. The molecule has 2 aromatic carbocycles. The second kappa shape index (κ2) is 14.7. The molecule has 0 aliphatic carbocycles. The zero-order chi connectivity index (χ0) is 14.1. The minimum Gasteiger partial charge on any atom is -0.417 e. The first-order valence-corrected chi connectivity index (χ1v) is 7.78. The molecule has 0 saturated heterocycles. The molecule has 108 valence electrons. The second-order valence-electron chi connectivity index (χ2n) is 3.78. The average Bonchev–Trinajstić information content (AvgIpc) is 2.49. The molecule has 0 amide bonds. The van der Waals surface area contributed by atoms with E-state index in [1.54, 1.807) is 7.11 Å². The van der Waals surface area contributed by atoms with E-state index in [1.165, 1.54) is 15.7 Å². The maximum atomic E-state index is 4.43. The van der Waals surface area contributed by atoms with Gasteiger partial charge in [-0.3, -0.25) is 13.8 Å². The van der Waals surface area contributed by atoms with Gasteiger partial charge in [0.15, 0.2) is 0 Å². The van der Waals surface area contributed by atoms with Gasteiger partial charge in [0.2, 0.25) is 0 Å². The summed E-state index contributed by atoms with van der Waals surface area (Å²) in [5, 5.41) is 2.49. The Balaban J connectivity index is 0. The molecule has 0 spiro atoms. The Morgan fingerprint density at radius 1 is 1.05 bits per heavy atom. The van der Waals surface area contributed by atoms with Crippen LogP contribution in [0.5, 0.6) is 0 Å². The Morgan fingerprint density at radius 3 is 2.14 bits per heavy atom. The summed E-state index contributed by atoms with van der Waals surface area (Å²) in [6.45, 7) is 12.0. The third-order valence-electron chi connectivity index (χ3n) is 2.67. The molecular weight excluding hydrogens is 728 g/mol. The van der Waals surface area contributed by atoms with Crippen LogP contribution >= 0.6 is 0 Å². The molecule has 1 nitrogen and oxygen atoms in total. The van der Waals surface area contributed by atoms with Gasteiger partial charge >= 0.3 is 62.2 Å². The van der Waals surface area contributed by atoms with Crippen LogP contribution in [0.1, 0.15) is 0 Å². The molecule has 0 radical (unpaired) electrons. The SMILES string of the molecule is [CH2-]COC.[CH2-]C[S+](C[CH2-])c1cc[c-]c2ccccc12.[U+2].[U+2]. The van der Waals surface area contributed by atoms with E-state index in [0.717, 1.165) is 11.5 Å². The standard InChI is InChI=1S/C14H14S.C3H7O.2U/c1-3-15(4-2)14-11-7-9-12-8-5-6-10-13(12)14;1-3-4-2;;/h5-8,10-11H,1-4H2;1,3H2,2H3;;/q-2;-1;2*+2. The molecule has 0 fully saturated rings. The van der Waals surface area contributed by atoms with Crippen molar-refractivity contribution in [2.24, 2.45) is 0 Å². The number of ether oxygens (including phenoxy) is 1. The Kier molecular flexibility index (Phi) is 17.0. The van der Waals surface area contributed by atoms with Crippen molar-refractivity contribution in [3.63, 3.8) is 0 Å². The summed E-state index contributed by atoms with van der Waals surface area (Å²) in [5.41, 5.74) is 0. The molecule has 0 heterocycles. The number of benzene rings is 2. The zero-order valence-electron chi connectivity index (χ0n) is 12.5. The van der Waals surface area contributed by atoms with Crippen LogP contribution in [0.25, 0.3) is 10.8 Å². The van der Waals surface area contributed by atoms with E-state index >= 15 is 0 Å². The average molecular weight is 749 g/mol. The van der Waals surface area contributed by atoms with E-state index in [1.807, 2.05) is 6.07 Å². The maximum Gasteiger partial charge on any atom is 2.00 e. The molecule has 0 aliphatic rings. The van der Waals surface area contributed by atoms with E-state index in [2.05, 4.69) is 61.9 Å². The molecule has 0 aliphatic heterocycles. The van der Waals surface area contributed by atoms with Gasteiger partial charge in [0.05, 0.1) is 4.90 Å². The summed E-state index contributed by atoms with van der Waals surface area (Å²) in [4.78, 5) is 1.38. The molecule has 0 atom stereocenters. The van der Waals surface area contributed by atoms with Gasteiger partial charge < -0.3 is 11.7 Å². The third-order valence-corrected chi connectivity index (χ3v) is 4.64. The smallest absolute Gasteiger partial charge is 0.417 e. The number of hydrogen-bond acceptors (Lipinski definition) is 1. The fourth-order valence-corrected chi connectivity index (χ4v) is 3.09. The molecular formula is C17H21OSU2+. The van der Waals surface area contributed by atoms with Crippen molar-refractivity contribution in [3.05, 3.63) is 63.2 Å². The van der Waals surface area contributed by atoms with Gasteiger partial charge in [-0.1, -0.05) is 41.1 Å². The van der Waals surface area contributed by atoms with Gasteiger partial charge in [-0.25, -0.2) is 0 Å². The predicted molar refractivity (Wildman–Crippen MR) is 86.1 cm³/mol.